The molecule has 0 spiro atoms. The molecule has 0 heterocycles. The number of carbonyl (C=O) groups excluding carboxylic acids is 1. The predicted molar refractivity (Wildman–Crippen MR) is 69.2 cm³/mol. The zero-order valence-electron chi connectivity index (χ0n) is 10.6. The molecule has 0 saturated heterocycles. The monoisotopic (exact) mass is 236 g/mol. The van der Waals surface area contributed by atoms with Gasteiger partial charge in [-0.25, -0.2) is 0 Å². The zero-order chi connectivity index (χ0) is 12.8. The van der Waals surface area contributed by atoms with Gasteiger partial charge in [0.05, 0.1) is 0 Å². The number of carbonyl (C=O) groups is 1. The summed E-state index contributed by atoms with van der Waals surface area (Å²) in [5.74, 6) is 0.209. The number of phenolic OH excluding ortho intramolecular Hbond substituents is 1. The van der Waals surface area contributed by atoms with E-state index < -0.39 is 0 Å². The van der Waals surface area contributed by atoms with E-state index in [1.165, 1.54) is 0 Å². The van der Waals surface area contributed by atoms with Crippen molar-refractivity contribution in [1.29, 1.82) is 0 Å². The molecular weight excluding hydrogens is 216 g/mol. The van der Waals surface area contributed by atoms with Crippen LogP contribution in [-0.4, -0.2) is 31.2 Å². The highest BCUT2D eigenvalue weighted by molar-refractivity contribution is 5.94. The maximum atomic E-state index is 12.1. The van der Waals surface area contributed by atoms with Crippen LogP contribution in [0.4, 0.5) is 5.69 Å². The second-order valence-corrected chi connectivity index (χ2v) is 4.12. The van der Waals surface area contributed by atoms with Crippen LogP contribution >= 0.6 is 0 Å². The van der Waals surface area contributed by atoms with Crippen LogP contribution in [0.15, 0.2) is 24.3 Å². The van der Waals surface area contributed by atoms with Gasteiger partial charge in [0.15, 0.2) is 0 Å². The molecule has 1 atom stereocenters. The molecule has 0 saturated carbocycles. The molecule has 94 valence electrons. The molecule has 0 aliphatic heterocycles. The maximum Gasteiger partial charge on any atom is 0.230 e. The van der Waals surface area contributed by atoms with E-state index in [0.29, 0.717) is 6.54 Å². The highest BCUT2D eigenvalue weighted by Crippen LogP contribution is 2.18. The van der Waals surface area contributed by atoms with Crippen molar-refractivity contribution in [2.45, 2.75) is 13.8 Å². The highest BCUT2D eigenvalue weighted by atomic mass is 16.3. The summed E-state index contributed by atoms with van der Waals surface area (Å²) >= 11 is 0. The fraction of sp³-hybridized carbons (Fsp3) is 0.462. The van der Waals surface area contributed by atoms with Gasteiger partial charge in [0.1, 0.15) is 5.75 Å². The first kappa shape index (κ1) is 13.5. The number of nitrogens with one attached hydrogen (secondary N) is 1. The van der Waals surface area contributed by atoms with Gasteiger partial charge in [-0.3, -0.25) is 4.79 Å². The summed E-state index contributed by atoms with van der Waals surface area (Å²) < 4.78 is 0. The quantitative estimate of drug-likeness (QED) is 0.816. The molecule has 1 rings (SSSR count). The maximum absolute atomic E-state index is 12.1. The Hall–Kier alpha value is -1.55. The number of anilines is 1. The molecule has 0 aliphatic carbocycles. The Labute approximate surface area is 102 Å². The second kappa shape index (κ2) is 6.25. The number of rotatable bonds is 5. The summed E-state index contributed by atoms with van der Waals surface area (Å²) in [6.07, 6.45) is 0. The number of phenols is 1. The fourth-order valence-corrected chi connectivity index (χ4v) is 1.58. The largest absolute Gasteiger partial charge is 0.508 e. The molecule has 17 heavy (non-hydrogen) atoms. The molecule has 4 heteroatoms. The number of aromatic hydroxyl groups is 1. The number of amides is 1. The minimum atomic E-state index is -0.0613. The second-order valence-electron chi connectivity index (χ2n) is 4.12. The first-order valence-corrected chi connectivity index (χ1v) is 5.83. The summed E-state index contributed by atoms with van der Waals surface area (Å²) in [5, 5.41) is 12.3. The Kier molecular flexibility index (Phi) is 4.97. The average molecular weight is 236 g/mol. The van der Waals surface area contributed by atoms with Gasteiger partial charge >= 0.3 is 0 Å². The molecular formula is C13H20N2O2. The molecule has 0 aromatic heterocycles. The van der Waals surface area contributed by atoms with Gasteiger partial charge in [-0.05, 0) is 30.8 Å². The molecule has 0 aliphatic rings. The first-order chi connectivity index (χ1) is 8.06. The van der Waals surface area contributed by atoms with Crippen molar-refractivity contribution in [3.63, 3.8) is 0 Å². The van der Waals surface area contributed by atoms with Gasteiger partial charge in [0.2, 0.25) is 5.91 Å². The standard InChI is InChI=1S/C13H20N2O2/c1-4-14-9-10(2)13(17)15(3)11-5-7-12(16)8-6-11/h5-8,10,14,16H,4,9H2,1-3H3. The lowest BCUT2D eigenvalue weighted by molar-refractivity contribution is -0.121. The van der Waals surface area contributed by atoms with Gasteiger partial charge in [0, 0.05) is 25.2 Å². The summed E-state index contributed by atoms with van der Waals surface area (Å²) in [4.78, 5) is 13.7. The van der Waals surface area contributed by atoms with Gasteiger partial charge in [-0.15, -0.1) is 0 Å². The summed E-state index contributed by atoms with van der Waals surface area (Å²) in [7, 11) is 1.75. The SMILES string of the molecule is CCNCC(C)C(=O)N(C)c1ccc(O)cc1. The summed E-state index contributed by atoms with van der Waals surface area (Å²) in [6, 6.07) is 6.61. The Balaban J connectivity index is 2.65. The molecule has 1 unspecified atom stereocenters. The molecule has 0 bridgehead atoms. The third-order valence-corrected chi connectivity index (χ3v) is 2.69. The van der Waals surface area contributed by atoms with Crippen LogP contribution in [0.1, 0.15) is 13.8 Å². The van der Waals surface area contributed by atoms with Crippen molar-refractivity contribution in [3.8, 4) is 5.75 Å². The molecule has 1 aromatic rings. The lowest BCUT2D eigenvalue weighted by atomic mass is 10.1. The Bertz CT molecular complexity index is 362. The van der Waals surface area contributed by atoms with E-state index in [9.17, 15) is 9.90 Å². The molecule has 4 nitrogen and oxygen atoms in total. The minimum Gasteiger partial charge on any atom is -0.508 e. The molecule has 1 amide bonds. The minimum absolute atomic E-state index is 0.0613. The Morgan fingerprint density at radius 3 is 2.53 bits per heavy atom. The molecule has 2 N–H and O–H groups in total. The lowest BCUT2D eigenvalue weighted by Crippen LogP contribution is -2.36. The van der Waals surface area contributed by atoms with Crippen LogP contribution in [0.25, 0.3) is 0 Å². The third kappa shape index (κ3) is 3.75. The summed E-state index contributed by atoms with van der Waals surface area (Å²) in [5.41, 5.74) is 0.788. The fourth-order valence-electron chi connectivity index (χ4n) is 1.58. The summed E-state index contributed by atoms with van der Waals surface area (Å²) in [6.45, 7) is 5.46. The zero-order valence-corrected chi connectivity index (χ0v) is 10.6. The number of hydrogen-bond donors (Lipinski definition) is 2. The van der Waals surface area contributed by atoms with Crippen molar-refractivity contribution in [2.75, 3.05) is 25.0 Å². The normalized spacial score (nSPS) is 12.2. The number of hydrogen-bond acceptors (Lipinski definition) is 3. The first-order valence-electron chi connectivity index (χ1n) is 5.83. The Morgan fingerprint density at radius 1 is 1.41 bits per heavy atom. The molecule has 0 fully saturated rings. The van der Waals surface area contributed by atoms with Crippen LogP contribution < -0.4 is 10.2 Å². The molecule has 1 aromatic carbocycles. The number of nitrogens with zero attached hydrogens (tertiary/aromatic N) is 1. The highest BCUT2D eigenvalue weighted by Gasteiger charge is 2.17. The van der Waals surface area contributed by atoms with Crippen molar-refractivity contribution >= 4 is 11.6 Å². The van der Waals surface area contributed by atoms with Gasteiger partial charge in [-0.1, -0.05) is 13.8 Å². The third-order valence-electron chi connectivity index (χ3n) is 2.69. The van der Waals surface area contributed by atoms with Crippen molar-refractivity contribution < 1.29 is 9.90 Å². The Morgan fingerprint density at radius 2 is 2.00 bits per heavy atom. The van der Waals surface area contributed by atoms with Crippen LogP contribution in [0, 0.1) is 5.92 Å². The van der Waals surface area contributed by atoms with Crippen molar-refractivity contribution in [2.24, 2.45) is 5.92 Å². The lowest BCUT2D eigenvalue weighted by Gasteiger charge is -2.21. The van der Waals surface area contributed by atoms with Crippen LogP contribution in [-0.2, 0) is 4.79 Å². The van der Waals surface area contributed by atoms with Gasteiger partial charge in [0.25, 0.3) is 0 Å². The predicted octanol–water partition coefficient (Wildman–Crippen LogP) is 1.60. The topological polar surface area (TPSA) is 52.6 Å². The van der Waals surface area contributed by atoms with E-state index in [1.807, 2.05) is 13.8 Å². The van der Waals surface area contributed by atoms with Crippen LogP contribution in [0.5, 0.6) is 5.75 Å². The van der Waals surface area contributed by atoms with Gasteiger partial charge < -0.3 is 15.3 Å². The number of benzene rings is 1. The van der Waals surface area contributed by atoms with Crippen molar-refractivity contribution in [1.82, 2.24) is 5.32 Å². The van der Waals surface area contributed by atoms with Crippen LogP contribution in [0.2, 0.25) is 0 Å². The van der Waals surface area contributed by atoms with Crippen molar-refractivity contribution in [3.05, 3.63) is 24.3 Å². The smallest absolute Gasteiger partial charge is 0.230 e. The average Bonchev–Trinajstić information content (AvgIpc) is 2.35. The van der Waals surface area contributed by atoms with E-state index in [-0.39, 0.29) is 17.6 Å². The van der Waals surface area contributed by atoms with E-state index in [4.69, 9.17) is 0 Å². The van der Waals surface area contributed by atoms with E-state index in [0.717, 1.165) is 12.2 Å². The van der Waals surface area contributed by atoms with E-state index in [2.05, 4.69) is 5.32 Å². The van der Waals surface area contributed by atoms with Crippen LogP contribution in [0.3, 0.4) is 0 Å². The van der Waals surface area contributed by atoms with E-state index >= 15 is 0 Å². The van der Waals surface area contributed by atoms with Gasteiger partial charge in [-0.2, -0.15) is 0 Å². The van der Waals surface area contributed by atoms with E-state index in [1.54, 1.807) is 36.2 Å². The molecule has 0 radical (unpaired) electrons.